The first-order valence-corrected chi connectivity index (χ1v) is 17.6. The van der Waals surface area contributed by atoms with E-state index in [0.717, 1.165) is 22.3 Å². The summed E-state index contributed by atoms with van der Waals surface area (Å²) in [5.74, 6) is -3.85. The fourth-order valence-corrected chi connectivity index (χ4v) is 5.48. The summed E-state index contributed by atoms with van der Waals surface area (Å²) in [6, 6.07) is 21.8. The monoisotopic (exact) mass is 743 g/mol. The number of benzene rings is 3. The molecule has 3 aromatic rings. The third kappa shape index (κ3) is 16.1. The molecule has 3 rings (SSSR count). The Balaban J connectivity index is 1.58. The van der Waals surface area contributed by atoms with E-state index in [-0.39, 0.29) is 43.8 Å². The Bertz CT molecular complexity index is 1730. The molecule has 0 bridgehead atoms. The Morgan fingerprint density at radius 1 is 0.593 bits per heavy atom. The lowest BCUT2D eigenvalue weighted by molar-refractivity contribution is -0.141. The van der Waals surface area contributed by atoms with Gasteiger partial charge in [-0.2, -0.15) is 0 Å². The number of carboxylic acid groups (broad SMARTS) is 1. The van der Waals surface area contributed by atoms with Gasteiger partial charge >= 0.3 is 5.97 Å². The second-order valence-corrected chi connectivity index (χ2v) is 12.7. The van der Waals surface area contributed by atoms with E-state index < -0.39 is 42.2 Å². The highest BCUT2D eigenvalue weighted by Crippen LogP contribution is 2.20. The number of aliphatic carboxylic acids is 1. The molecule has 6 amide bonds. The van der Waals surface area contributed by atoms with Gasteiger partial charge in [-0.15, -0.1) is 0 Å². The number of hydrogen-bond donors (Lipinski definition) is 7. The van der Waals surface area contributed by atoms with Crippen LogP contribution >= 0.6 is 0 Å². The van der Waals surface area contributed by atoms with Crippen molar-refractivity contribution in [3.8, 4) is 11.1 Å². The van der Waals surface area contributed by atoms with Gasteiger partial charge in [0, 0.05) is 66.5 Å². The van der Waals surface area contributed by atoms with E-state index in [1.165, 1.54) is 20.8 Å². The van der Waals surface area contributed by atoms with Crippen LogP contribution in [0.25, 0.3) is 11.1 Å². The van der Waals surface area contributed by atoms with Crippen LogP contribution < -0.4 is 31.9 Å². The lowest BCUT2D eigenvalue weighted by Crippen LogP contribution is -2.54. The molecule has 0 saturated heterocycles. The van der Waals surface area contributed by atoms with Crippen LogP contribution in [0.4, 0.5) is 0 Å². The first-order valence-electron chi connectivity index (χ1n) is 17.6. The van der Waals surface area contributed by atoms with Crippen molar-refractivity contribution in [2.75, 3.05) is 32.7 Å². The van der Waals surface area contributed by atoms with Crippen LogP contribution in [0.15, 0.2) is 78.9 Å². The number of carboxylic acids is 1. The molecule has 2 atom stereocenters. The third-order valence-corrected chi connectivity index (χ3v) is 8.13. The first-order chi connectivity index (χ1) is 25.8. The quantitative estimate of drug-likeness (QED) is 0.0823. The predicted octanol–water partition coefficient (Wildman–Crippen LogP) is 0.867. The van der Waals surface area contributed by atoms with Crippen molar-refractivity contribution >= 4 is 41.4 Å². The standard InChI is InChI=1S/C39H49N7O8/c1-26(47)40-16-18-46(19-17-41-27(2)48)25-36(50)42-23-30-8-7-9-31(20-30)24-43-38(53)35(22-37(51)52)45-39(54)34(44-28(3)49)21-29-12-14-33(15-13-29)32-10-5-4-6-11-32/h4-15,20,34-35H,16-19,21-25H2,1-3H3,(H,40,47)(H,41,48)(H,42,50)(H,43,53)(H,44,49)(H,45,54)(H,51,52)/t34-,35-/m0/s1. The minimum atomic E-state index is -1.42. The molecule has 0 aliphatic heterocycles. The van der Waals surface area contributed by atoms with Gasteiger partial charge in [-0.25, -0.2) is 0 Å². The Labute approximate surface area is 314 Å². The average molecular weight is 744 g/mol. The molecule has 0 heterocycles. The summed E-state index contributed by atoms with van der Waals surface area (Å²) in [5, 5.41) is 25.5. The van der Waals surface area contributed by atoms with Crippen LogP contribution in [0.5, 0.6) is 0 Å². The van der Waals surface area contributed by atoms with Gasteiger partial charge in [0.15, 0.2) is 0 Å². The zero-order valence-electron chi connectivity index (χ0n) is 30.8. The molecule has 0 saturated carbocycles. The van der Waals surface area contributed by atoms with Gasteiger partial charge in [0.25, 0.3) is 0 Å². The van der Waals surface area contributed by atoms with Crippen molar-refractivity contribution in [2.24, 2.45) is 0 Å². The second-order valence-electron chi connectivity index (χ2n) is 12.7. The van der Waals surface area contributed by atoms with E-state index in [0.29, 0.717) is 31.7 Å². The largest absolute Gasteiger partial charge is 0.481 e. The van der Waals surface area contributed by atoms with Crippen molar-refractivity contribution in [3.05, 3.63) is 95.6 Å². The summed E-state index contributed by atoms with van der Waals surface area (Å²) in [6.07, 6.45) is -0.577. The van der Waals surface area contributed by atoms with Crippen molar-refractivity contribution < 1.29 is 38.7 Å². The summed E-state index contributed by atoms with van der Waals surface area (Å²) in [7, 11) is 0. The van der Waals surface area contributed by atoms with Gasteiger partial charge in [-0.3, -0.25) is 38.5 Å². The van der Waals surface area contributed by atoms with Crippen LogP contribution in [0, 0.1) is 0 Å². The van der Waals surface area contributed by atoms with E-state index >= 15 is 0 Å². The van der Waals surface area contributed by atoms with Crippen molar-refractivity contribution in [1.82, 2.24) is 36.8 Å². The fraction of sp³-hybridized carbons (Fsp3) is 0.359. The molecule has 15 heteroatoms. The van der Waals surface area contributed by atoms with Gasteiger partial charge in [0.05, 0.1) is 13.0 Å². The van der Waals surface area contributed by atoms with Gasteiger partial charge < -0.3 is 37.0 Å². The predicted molar refractivity (Wildman–Crippen MR) is 201 cm³/mol. The topological polar surface area (TPSA) is 215 Å². The van der Waals surface area contributed by atoms with E-state index in [1.807, 2.05) is 54.6 Å². The molecule has 0 aromatic heterocycles. The summed E-state index contributed by atoms with van der Waals surface area (Å²) in [6.45, 7) is 5.79. The molecule has 0 aliphatic carbocycles. The maximum absolute atomic E-state index is 13.4. The maximum Gasteiger partial charge on any atom is 0.305 e. The van der Waals surface area contributed by atoms with Crippen LogP contribution in [-0.2, 0) is 53.1 Å². The van der Waals surface area contributed by atoms with Crippen LogP contribution in [0.1, 0.15) is 43.9 Å². The number of carbonyl (C=O) groups excluding carboxylic acids is 6. The summed E-state index contributed by atoms with van der Waals surface area (Å²) in [5.41, 5.74) is 4.15. The SMILES string of the molecule is CC(=O)NCCN(CCNC(C)=O)CC(=O)NCc1cccc(CNC(=O)[C@H](CC(=O)O)NC(=O)[C@H](Cc2ccc(-c3ccccc3)cc2)NC(C)=O)c1. The second kappa shape index (κ2) is 22.1. The molecule has 54 heavy (non-hydrogen) atoms. The Kier molecular flexibility index (Phi) is 17.3. The van der Waals surface area contributed by atoms with E-state index in [4.69, 9.17) is 0 Å². The van der Waals surface area contributed by atoms with Gasteiger partial charge in [-0.1, -0.05) is 78.9 Å². The number of hydrogen-bond acceptors (Lipinski definition) is 8. The molecule has 0 unspecified atom stereocenters. The molecular formula is C39H49N7O8. The maximum atomic E-state index is 13.4. The first kappa shape index (κ1) is 42.3. The molecule has 0 spiro atoms. The van der Waals surface area contributed by atoms with Crippen LogP contribution in [-0.4, -0.2) is 96.2 Å². The number of amides is 6. The normalized spacial score (nSPS) is 11.8. The molecule has 0 radical (unpaired) electrons. The Hall–Kier alpha value is -6.09. The van der Waals surface area contributed by atoms with Gasteiger partial charge in [-0.05, 0) is 27.8 Å². The molecule has 3 aromatic carbocycles. The molecule has 15 nitrogen and oxygen atoms in total. The lowest BCUT2D eigenvalue weighted by atomic mass is 10.00. The zero-order valence-corrected chi connectivity index (χ0v) is 30.8. The molecule has 288 valence electrons. The zero-order chi connectivity index (χ0) is 39.5. The van der Waals surface area contributed by atoms with Crippen LogP contribution in [0.2, 0.25) is 0 Å². The fourth-order valence-electron chi connectivity index (χ4n) is 5.48. The third-order valence-electron chi connectivity index (χ3n) is 8.13. The van der Waals surface area contributed by atoms with E-state index in [9.17, 15) is 38.7 Å². The smallest absolute Gasteiger partial charge is 0.305 e. The minimum Gasteiger partial charge on any atom is -0.481 e. The summed E-state index contributed by atoms with van der Waals surface area (Å²) < 4.78 is 0. The highest BCUT2D eigenvalue weighted by atomic mass is 16.4. The lowest BCUT2D eigenvalue weighted by Gasteiger charge is -2.22. The average Bonchev–Trinajstić information content (AvgIpc) is 3.12. The Morgan fingerprint density at radius 3 is 1.72 bits per heavy atom. The summed E-state index contributed by atoms with van der Waals surface area (Å²) in [4.78, 5) is 87.3. The van der Waals surface area contributed by atoms with Crippen molar-refractivity contribution in [2.45, 2.75) is 58.8 Å². The van der Waals surface area contributed by atoms with Gasteiger partial charge in [0.1, 0.15) is 12.1 Å². The Morgan fingerprint density at radius 2 is 1.17 bits per heavy atom. The number of rotatable bonds is 21. The molecule has 0 fully saturated rings. The molecule has 0 aliphatic rings. The molecular weight excluding hydrogens is 694 g/mol. The number of nitrogens with one attached hydrogen (secondary N) is 6. The van der Waals surface area contributed by atoms with Crippen molar-refractivity contribution in [1.29, 1.82) is 0 Å². The van der Waals surface area contributed by atoms with E-state index in [1.54, 1.807) is 29.2 Å². The van der Waals surface area contributed by atoms with E-state index in [2.05, 4.69) is 31.9 Å². The van der Waals surface area contributed by atoms with Crippen molar-refractivity contribution in [3.63, 3.8) is 0 Å². The molecule has 7 N–H and O–H groups in total. The summed E-state index contributed by atoms with van der Waals surface area (Å²) >= 11 is 0. The van der Waals surface area contributed by atoms with Gasteiger partial charge in [0.2, 0.25) is 35.4 Å². The van der Waals surface area contributed by atoms with Crippen LogP contribution in [0.3, 0.4) is 0 Å². The number of carbonyl (C=O) groups is 7. The number of nitrogens with zero attached hydrogens (tertiary/aromatic N) is 1. The minimum absolute atomic E-state index is 0.00950. The highest BCUT2D eigenvalue weighted by Gasteiger charge is 2.28. The highest BCUT2D eigenvalue weighted by molar-refractivity contribution is 5.93.